The Labute approximate surface area is 235 Å². The van der Waals surface area contributed by atoms with Gasteiger partial charge in [-0.3, -0.25) is 4.55 Å². The third kappa shape index (κ3) is 6.25. The summed E-state index contributed by atoms with van der Waals surface area (Å²) in [4.78, 5) is 34.7. The Balaban J connectivity index is 1.54. The van der Waals surface area contributed by atoms with E-state index in [0.29, 0.717) is 12.8 Å². The van der Waals surface area contributed by atoms with Gasteiger partial charge in [0, 0.05) is 16.9 Å². The van der Waals surface area contributed by atoms with Crippen molar-refractivity contribution >= 4 is 51.5 Å². The number of rotatable bonds is 7. The van der Waals surface area contributed by atoms with Crippen molar-refractivity contribution in [2.24, 2.45) is 23.7 Å². The molecule has 9 nitrogen and oxygen atoms in total. The average Bonchev–Trinajstić information content (AvgIpc) is 2.82. The zero-order valence-electron chi connectivity index (χ0n) is 20.5. The molecule has 234 valence electrons. The van der Waals surface area contributed by atoms with Crippen molar-refractivity contribution < 1.29 is 76.7 Å². The first-order valence-corrected chi connectivity index (χ1v) is 15.3. The molecule has 4 saturated carbocycles. The molecule has 0 aromatic rings. The van der Waals surface area contributed by atoms with Crippen LogP contribution in [-0.2, 0) is 38.7 Å². The third-order valence-electron chi connectivity index (χ3n) is 7.80. The molecule has 5 rings (SSSR count). The van der Waals surface area contributed by atoms with Crippen LogP contribution in [0.25, 0.3) is 0 Å². The van der Waals surface area contributed by atoms with Crippen molar-refractivity contribution in [2.45, 2.75) is 64.6 Å². The molecule has 5 fully saturated rings. The first-order valence-electron chi connectivity index (χ1n) is 12.0. The molecule has 1 heterocycles. The Bertz CT molecular complexity index is 1170. The number of carbonyl (C=O) groups excluding carboxylic acids is 3. The lowest BCUT2D eigenvalue weighted by atomic mass is 9.53. The van der Waals surface area contributed by atoms with Gasteiger partial charge in [-0.1, -0.05) is 0 Å². The van der Waals surface area contributed by atoms with E-state index in [0.717, 1.165) is 11.8 Å². The highest BCUT2D eigenvalue weighted by atomic mass is 32.2. The van der Waals surface area contributed by atoms with Gasteiger partial charge in [0.05, 0.1) is 10.7 Å². The molecule has 4 bridgehead atoms. The number of carbonyl (C=O) groups is 3. The number of esters is 3. The minimum Gasteiger partial charge on any atom is -0.459 e. The molecule has 20 heteroatoms. The van der Waals surface area contributed by atoms with Crippen molar-refractivity contribution in [2.75, 3.05) is 19.0 Å². The first kappa shape index (κ1) is 32.4. The summed E-state index contributed by atoms with van der Waals surface area (Å²) in [6.45, 7) is -1.70. The van der Waals surface area contributed by atoms with E-state index in [1.54, 1.807) is 0 Å². The third-order valence-corrected chi connectivity index (χ3v) is 12.8. The molecule has 1 N–H and O–H groups in total. The standard InChI is InChI=1S/C21H22F8O9S3/c22-19(23,24)14(30)36-6-10-8-39-18(40-13(10)7-37-15(31)20(25,26)27)11-1-9-2-12(18)5-17(3-9,4-11)38-16(32)21(28,29)41(33,34)35/h9-13H,1-8H2,(H,33,34,35). The van der Waals surface area contributed by atoms with Crippen LogP contribution >= 0.6 is 23.5 Å². The van der Waals surface area contributed by atoms with Gasteiger partial charge in [-0.2, -0.15) is 43.5 Å². The van der Waals surface area contributed by atoms with Crippen LogP contribution in [0.1, 0.15) is 32.1 Å². The van der Waals surface area contributed by atoms with E-state index >= 15 is 0 Å². The van der Waals surface area contributed by atoms with Crippen LogP contribution < -0.4 is 0 Å². The van der Waals surface area contributed by atoms with Gasteiger partial charge in [-0.15, -0.1) is 23.5 Å². The number of hydrogen-bond acceptors (Lipinski definition) is 10. The van der Waals surface area contributed by atoms with Gasteiger partial charge in [0.1, 0.15) is 12.2 Å². The zero-order valence-corrected chi connectivity index (χ0v) is 23.0. The van der Waals surface area contributed by atoms with E-state index in [1.165, 1.54) is 11.8 Å². The lowest BCUT2D eigenvalue weighted by Crippen LogP contribution is -2.64. The second-order valence-corrected chi connectivity index (χ2v) is 15.1. The Kier molecular flexibility index (Phi) is 8.35. The van der Waals surface area contributed by atoms with Crippen molar-refractivity contribution in [3.8, 4) is 0 Å². The molecule has 5 aliphatic rings. The fraction of sp³-hybridized carbons (Fsp3) is 0.857. The quantitative estimate of drug-likeness (QED) is 0.183. The summed E-state index contributed by atoms with van der Waals surface area (Å²) in [6.07, 6.45) is -9.62. The van der Waals surface area contributed by atoms with Gasteiger partial charge in [0.25, 0.3) is 0 Å². The Morgan fingerprint density at radius 2 is 1.34 bits per heavy atom. The van der Waals surface area contributed by atoms with Gasteiger partial charge in [0.15, 0.2) is 0 Å². The molecule has 0 amide bonds. The van der Waals surface area contributed by atoms with Crippen LogP contribution in [-0.4, -0.2) is 82.4 Å². The minimum atomic E-state index is -6.11. The smallest absolute Gasteiger partial charge is 0.459 e. The molecule has 41 heavy (non-hydrogen) atoms. The molecular weight excluding hydrogens is 644 g/mol. The molecule has 0 radical (unpaired) electrons. The first-order chi connectivity index (χ1) is 18.6. The van der Waals surface area contributed by atoms with E-state index in [9.17, 15) is 57.9 Å². The van der Waals surface area contributed by atoms with Gasteiger partial charge in [-0.05, 0) is 49.9 Å². The predicted molar refractivity (Wildman–Crippen MR) is 123 cm³/mol. The second-order valence-electron chi connectivity index (χ2n) is 10.5. The maximum Gasteiger partial charge on any atom is 0.490 e. The summed E-state index contributed by atoms with van der Waals surface area (Å²) in [5.74, 6) is -9.42. The largest absolute Gasteiger partial charge is 0.490 e. The summed E-state index contributed by atoms with van der Waals surface area (Å²) >= 11 is 2.28. The molecule has 1 aliphatic heterocycles. The Morgan fingerprint density at radius 3 is 1.83 bits per heavy atom. The van der Waals surface area contributed by atoms with Crippen LogP contribution in [0.3, 0.4) is 0 Å². The highest BCUT2D eigenvalue weighted by molar-refractivity contribution is 8.19. The maximum absolute atomic E-state index is 13.9. The normalized spacial score (nSPS) is 35.3. The van der Waals surface area contributed by atoms with E-state index in [4.69, 9.17) is 9.29 Å². The van der Waals surface area contributed by atoms with E-state index in [1.807, 2.05) is 0 Å². The highest BCUT2D eigenvalue weighted by Gasteiger charge is 2.67. The molecule has 0 aromatic heterocycles. The maximum atomic E-state index is 13.9. The summed E-state index contributed by atoms with van der Waals surface area (Å²) < 4.78 is 148. The van der Waals surface area contributed by atoms with Crippen LogP contribution in [0.2, 0.25) is 0 Å². The number of hydrogen-bond donors (Lipinski definition) is 1. The number of ether oxygens (including phenoxy) is 3. The van der Waals surface area contributed by atoms with Crippen LogP contribution in [0, 0.1) is 23.7 Å². The fourth-order valence-electron chi connectivity index (χ4n) is 6.31. The lowest BCUT2D eigenvalue weighted by Gasteiger charge is -2.65. The topological polar surface area (TPSA) is 133 Å². The Morgan fingerprint density at radius 1 is 0.829 bits per heavy atom. The molecule has 4 atom stereocenters. The van der Waals surface area contributed by atoms with Gasteiger partial charge >= 0.3 is 45.6 Å². The lowest BCUT2D eigenvalue weighted by molar-refractivity contribution is -0.203. The van der Waals surface area contributed by atoms with Crippen LogP contribution in [0.5, 0.6) is 0 Å². The molecule has 1 spiro atoms. The minimum absolute atomic E-state index is 0.0162. The summed E-state index contributed by atoms with van der Waals surface area (Å²) in [6, 6.07) is 0. The Hall–Kier alpha value is -1.54. The van der Waals surface area contributed by atoms with Crippen molar-refractivity contribution in [3.63, 3.8) is 0 Å². The summed E-state index contributed by atoms with van der Waals surface area (Å²) in [5.41, 5.74) is -1.49. The van der Waals surface area contributed by atoms with Crippen LogP contribution in [0.15, 0.2) is 0 Å². The summed E-state index contributed by atoms with van der Waals surface area (Å²) in [5, 5.41) is -6.26. The SMILES string of the molecule is O=C(OCC1CSC2(SC1COC(=O)C(F)(F)F)C1CC3CC2CC(OC(=O)C(F)(F)S(=O)(=O)O)(C3)C1)C(F)(F)F. The molecular formula is C21H22F8O9S3. The zero-order chi connectivity index (χ0) is 30.8. The van der Waals surface area contributed by atoms with E-state index in [2.05, 4.69) is 9.47 Å². The average molecular weight is 667 g/mol. The highest BCUT2D eigenvalue weighted by Crippen LogP contribution is 2.71. The van der Waals surface area contributed by atoms with Gasteiger partial charge in [-0.25, -0.2) is 14.4 Å². The van der Waals surface area contributed by atoms with Crippen molar-refractivity contribution in [1.29, 1.82) is 0 Å². The van der Waals surface area contributed by atoms with Crippen molar-refractivity contribution in [1.82, 2.24) is 0 Å². The number of alkyl halides is 8. The fourth-order valence-corrected chi connectivity index (χ4v) is 10.9. The number of thioether (sulfide) groups is 2. The van der Waals surface area contributed by atoms with Crippen LogP contribution in [0.4, 0.5) is 35.1 Å². The van der Waals surface area contributed by atoms with E-state index < -0.39 is 91.5 Å². The second kappa shape index (κ2) is 10.6. The predicted octanol–water partition coefficient (Wildman–Crippen LogP) is 3.96. The molecule has 4 aliphatic carbocycles. The van der Waals surface area contributed by atoms with Gasteiger partial charge in [0.2, 0.25) is 0 Å². The van der Waals surface area contributed by atoms with Crippen molar-refractivity contribution in [3.05, 3.63) is 0 Å². The molecule has 4 unspecified atom stereocenters. The summed E-state index contributed by atoms with van der Waals surface area (Å²) in [7, 11) is -6.11. The molecule has 1 saturated heterocycles. The number of halogens is 8. The molecule has 0 aromatic carbocycles. The monoisotopic (exact) mass is 666 g/mol. The van der Waals surface area contributed by atoms with E-state index in [-0.39, 0.29) is 30.9 Å². The van der Waals surface area contributed by atoms with Gasteiger partial charge < -0.3 is 14.2 Å².